The lowest BCUT2D eigenvalue weighted by molar-refractivity contribution is -0.128. The van der Waals surface area contributed by atoms with Crippen molar-refractivity contribution in [3.8, 4) is 0 Å². The summed E-state index contributed by atoms with van der Waals surface area (Å²) in [7, 11) is 0. The molecule has 3 rings (SSSR count). The van der Waals surface area contributed by atoms with Crippen molar-refractivity contribution in [2.45, 2.75) is 19.8 Å². The summed E-state index contributed by atoms with van der Waals surface area (Å²) in [5.74, 6) is -0.442. The highest BCUT2D eigenvalue weighted by Gasteiger charge is 2.34. The van der Waals surface area contributed by atoms with Crippen molar-refractivity contribution in [2.75, 3.05) is 18.4 Å². The van der Waals surface area contributed by atoms with E-state index in [1.165, 1.54) is 0 Å². The Bertz CT molecular complexity index is 838. The molecule has 4 nitrogen and oxygen atoms in total. The second-order valence-corrected chi connectivity index (χ2v) is 7.37. The van der Waals surface area contributed by atoms with Gasteiger partial charge in [-0.25, -0.2) is 0 Å². The maximum absolute atomic E-state index is 12.5. The van der Waals surface area contributed by atoms with Crippen LogP contribution in [0.3, 0.4) is 0 Å². The Kier molecular flexibility index (Phi) is 5.84. The number of rotatable bonds is 5. The Hall–Kier alpha value is -2.04. The fourth-order valence-corrected chi connectivity index (χ4v) is 3.59. The zero-order valence-corrected chi connectivity index (χ0v) is 16.0. The lowest BCUT2D eigenvalue weighted by Crippen LogP contribution is -2.30. The van der Waals surface area contributed by atoms with Crippen LogP contribution in [-0.2, 0) is 16.0 Å². The smallest absolute Gasteiger partial charge is 0.229 e. The van der Waals surface area contributed by atoms with Crippen LogP contribution in [0.15, 0.2) is 42.5 Å². The van der Waals surface area contributed by atoms with E-state index in [9.17, 15) is 9.59 Å². The van der Waals surface area contributed by atoms with E-state index in [4.69, 9.17) is 23.2 Å². The Morgan fingerprint density at radius 2 is 2.00 bits per heavy atom. The molecule has 0 aromatic heterocycles. The summed E-state index contributed by atoms with van der Waals surface area (Å²) < 4.78 is 0. The number of nitrogens with zero attached hydrogens (tertiary/aromatic N) is 1. The van der Waals surface area contributed by atoms with Gasteiger partial charge in [-0.3, -0.25) is 9.59 Å². The predicted octanol–water partition coefficient (Wildman–Crippen LogP) is 4.33. The van der Waals surface area contributed by atoms with Crippen LogP contribution in [0.25, 0.3) is 0 Å². The van der Waals surface area contributed by atoms with Crippen molar-refractivity contribution in [1.29, 1.82) is 0 Å². The van der Waals surface area contributed by atoms with Gasteiger partial charge < -0.3 is 10.2 Å². The zero-order valence-electron chi connectivity index (χ0n) is 14.5. The zero-order chi connectivity index (χ0) is 18.7. The van der Waals surface area contributed by atoms with Crippen molar-refractivity contribution in [2.24, 2.45) is 5.92 Å². The third-order valence-corrected chi connectivity index (χ3v) is 5.24. The normalized spacial score (nSPS) is 16.8. The third kappa shape index (κ3) is 4.37. The van der Waals surface area contributed by atoms with Crippen LogP contribution in [0.2, 0.25) is 10.0 Å². The van der Waals surface area contributed by atoms with Gasteiger partial charge in [0.1, 0.15) is 0 Å². The van der Waals surface area contributed by atoms with Crippen LogP contribution in [0.5, 0.6) is 0 Å². The molecule has 6 heteroatoms. The quantitative estimate of drug-likeness (QED) is 0.825. The molecular formula is C20H20Cl2N2O2. The van der Waals surface area contributed by atoms with Crippen LogP contribution in [0.1, 0.15) is 17.5 Å². The minimum absolute atomic E-state index is 0.0000181. The van der Waals surface area contributed by atoms with Crippen molar-refractivity contribution in [3.63, 3.8) is 0 Å². The fraction of sp³-hybridized carbons (Fsp3) is 0.300. The highest BCUT2D eigenvalue weighted by atomic mass is 35.5. The van der Waals surface area contributed by atoms with Crippen LogP contribution in [0, 0.1) is 12.8 Å². The Morgan fingerprint density at radius 1 is 1.23 bits per heavy atom. The highest BCUT2D eigenvalue weighted by molar-refractivity contribution is 6.35. The van der Waals surface area contributed by atoms with E-state index in [1.54, 1.807) is 17.0 Å². The van der Waals surface area contributed by atoms with Gasteiger partial charge in [-0.05, 0) is 42.7 Å². The SMILES string of the molecule is Cc1ccccc1NC(=O)C1CC(=O)N(CCc2ccc(Cl)cc2Cl)C1. The van der Waals surface area contributed by atoms with Gasteiger partial charge in [0.15, 0.2) is 0 Å². The number of nitrogens with one attached hydrogen (secondary N) is 1. The molecule has 1 N–H and O–H groups in total. The van der Waals surface area contributed by atoms with Gasteiger partial charge >= 0.3 is 0 Å². The molecule has 136 valence electrons. The molecule has 1 fully saturated rings. The summed E-state index contributed by atoms with van der Waals surface area (Å²) in [6.07, 6.45) is 0.875. The van der Waals surface area contributed by atoms with Gasteiger partial charge in [-0.2, -0.15) is 0 Å². The lowest BCUT2D eigenvalue weighted by atomic mass is 10.1. The van der Waals surface area contributed by atoms with Gasteiger partial charge in [0.25, 0.3) is 0 Å². The molecule has 1 aliphatic heterocycles. The topological polar surface area (TPSA) is 49.4 Å². The molecule has 2 aromatic rings. The standard InChI is InChI=1S/C20H20Cl2N2O2/c1-13-4-2-3-5-18(13)23-20(26)15-10-19(25)24(12-15)9-8-14-6-7-16(21)11-17(14)22/h2-7,11,15H,8-10,12H2,1H3,(H,23,26). The monoisotopic (exact) mass is 390 g/mol. The molecule has 1 atom stereocenters. The Morgan fingerprint density at radius 3 is 2.73 bits per heavy atom. The first-order valence-electron chi connectivity index (χ1n) is 8.52. The maximum atomic E-state index is 12.5. The van der Waals surface area contributed by atoms with Crippen molar-refractivity contribution < 1.29 is 9.59 Å². The molecule has 1 heterocycles. The first kappa shape index (κ1) is 18.7. The van der Waals surface area contributed by atoms with Gasteiger partial charge in [-0.1, -0.05) is 47.5 Å². The summed E-state index contributed by atoms with van der Waals surface area (Å²) in [4.78, 5) is 26.5. The number of para-hydroxylation sites is 1. The Balaban J connectivity index is 1.58. The molecule has 2 amide bonds. The number of halogens is 2. The van der Waals surface area contributed by atoms with E-state index in [1.807, 2.05) is 37.3 Å². The average Bonchev–Trinajstić information content (AvgIpc) is 2.97. The summed E-state index contributed by atoms with van der Waals surface area (Å²) in [6, 6.07) is 13.0. The van der Waals surface area contributed by atoms with Gasteiger partial charge in [0, 0.05) is 35.2 Å². The van der Waals surface area contributed by atoms with E-state index in [0.29, 0.717) is 29.6 Å². The second kappa shape index (κ2) is 8.11. The third-order valence-electron chi connectivity index (χ3n) is 4.65. The molecule has 1 unspecified atom stereocenters. The predicted molar refractivity (Wildman–Crippen MR) is 105 cm³/mol. The number of benzene rings is 2. The Labute approximate surface area is 163 Å². The largest absolute Gasteiger partial charge is 0.342 e. The summed E-state index contributed by atoms with van der Waals surface area (Å²) in [5.41, 5.74) is 2.73. The van der Waals surface area contributed by atoms with E-state index in [0.717, 1.165) is 16.8 Å². The molecule has 2 aromatic carbocycles. The fourth-order valence-electron chi connectivity index (χ4n) is 3.09. The van der Waals surface area contributed by atoms with E-state index in [-0.39, 0.29) is 24.2 Å². The summed E-state index contributed by atoms with van der Waals surface area (Å²) in [6.45, 7) is 2.91. The lowest BCUT2D eigenvalue weighted by Gasteiger charge is -2.17. The number of hydrogen-bond acceptors (Lipinski definition) is 2. The molecule has 0 saturated carbocycles. The van der Waals surface area contributed by atoms with Crippen LogP contribution >= 0.6 is 23.2 Å². The van der Waals surface area contributed by atoms with Gasteiger partial charge in [0.2, 0.25) is 11.8 Å². The van der Waals surface area contributed by atoms with E-state index >= 15 is 0 Å². The molecule has 1 saturated heterocycles. The maximum Gasteiger partial charge on any atom is 0.229 e. The van der Waals surface area contributed by atoms with E-state index in [2.05, 4.69) is 5.32 Å². The number of hydrogen-bond donors (Lipinski definition) is 1. The molecule has 0 bridgehead atoms. The molecular weight excluding hydrogens is 371 g/mol. The van der Waals surface area contributed by atoms with Crippen molar-refractivity contribution in [1.82, 2.24) is 4.90 Å². The number of aryl methyl sites for hydroxylation is 1. The number of likely N-dealkylation sites (tertiary alicyclic amines) is 1. The van der Waals surface area contributed by atoms with Crippen LogP contribution in [-0.4, -0.2) is 29.8 Å². The first-order valence-corrected chi connectivity index (χ1v) is 9.28. The number of amides is 2. The molecule has 0 aliphatic carbocycles. The number of anilines is 1. The van der Waals surface area contributed by atoms with Crippen LogP contribution in [0.4, 0.5) is 5.69 Å². The minimum Gasteiger partial charge on any atom is -0.342 e. The summed E-state index contributed by atoms with van der Waals surface area (Å²) >= 11 is 12.1. The number of carbonyl (C=O) groups is 2. The van der Waals surface area contributed by atoms with Crippen LogP contribution < -0.4 is 5.32 Å². The minimum atomic E-state index is -0.331. The van der Waals surface area contributed by atoms with E-state index < -0.39 is 0 Å². The molecule has 0 spiro atoms. The van der Waals surface area contributed by atoms with Crippen molar-refractivity contribution >= 4 is 40.7 Å². The second-order valence-electron chi connectivity index (χ2n) is 6.53. The number of carbonyl (C=O) groups excluding carboxylic acids is 2. The summed E-state index contributed by atoms with van der Waals surface area (Å²) in [5, 5.41) is 4.11. The van der Waals surface area contributed by atoms with Gasteiger partial charge in [-0.15, -0.1) is 0 Å². The van der Waals surface area contributed by atoms with Crippen molar-refractivity contribution in [3.05, 3.63) is 63.6 Å². The molecule has 26 heavy (non-hydrogen) atoms. The highest BCUT2D eigenvalue weighted by Crippen LogP contribution is 2.24. The average molecular weight is 391 g/mol. The molecule has 0 radical (unpaired) electrons. The molecule has 1 aliphatic rings. The van der Waals surface area contributed by atoms with Gasteiger partial charge in [0.05, 0.1) is 5.92 Å². The first-order chi connectivity index (χ1) is 12.4.